The predicted molar refractivity (Wildman–Crippen MR) is 113 cm³/mol. The third-order valence-electron chi connectivity index (χ3n) is 5.51. The molecular weight excluding hydrogens is 422 g/mol. The average Bonchev–Trinajstić information content (AvgIpc) is 3.07. The number of rotatable bonds is 5. The Bertz CT molecular complexity index is 1110. The van der Waals surface area contributed by atoms with Crippen molar-refractivity contribution in [2.75, 3.05) is 12.8 Å². The predicted octanol–water partition coefficient (Wildman–Crippen LogP) is 2.90. The van der Waals surface area contributed by atoms with E-state index in [9.17, 15) is 9.59 Å². The highest BCUT2D eigenvalue weighted by Gasteiger charge is 2.59. The minimum absolute atomic E-state index is 0.0121. The maximum absolute atomic E-state index is 12.0. The lowest BCUT2D eigenvalue weighted by Crippen LogP contribution is -2.62. The van der Waals surface area contributed by atoms with Gasteiger partial charge in [-0.05, 0) is 46.8 Å². The lowest BCUT2D eigenvalue weighted by molar-refractivity contribution is -0.283. The number of hydrogen-bond acceptors (Lipinski definition) is 10. The van der Waals surface area contributed by atoms with E-state index in [0.717, 1.165) is 0 Å². The first-order valence-electron chi connectivity index (χ1n) is 10.3. The van der Waals surface area contributed by atoms with E-state index in [-0.39, 0.29) is 17.5 Å². The van der Waals surface area contributed by atoms with Crippen molar-refractivity contribution >= 4 is 22.8 Å². The minimum atomic E-state index is -1.03. The molecule has 174 valence electrons. The fourth-order valence-electron chi connectivity index (χ4n) is 4.17. The normalized spacial score (nSPS) is 26.5. The Kier molecular flexibility index (Phi) is 5.46. The van der Waals surface area contributed by atoms with Gasteiger partial charge in [0.15, 0.2) is 17.6 Å². The number of ether oxygens (including phenoxy) is 6. The van der Waals surface area contributed by atoms with Crippen molar-refractivity contribution < 1.29 is 37.6 Å². The van der Waals surface area contributed by atoms with Crippen LogP contribution < -0.4 is 20.8 Å². The molecule has 2 saturated heterocycles. The molecule has 2 aliphatic rings. The molecule has 3 heterocycles. The lowest BCUT2D eigenvalue weighted by Gasteiger charge is -2.45. The van der Waals surface area contributed by atoms with Gasteiger partial charge in [-0.25, -0.2) is 9.59 Å². The molecule has 32 heavy (non-hydrogen) atoms. The maximum Gasteiger partial charge on any atom is 0.509 e. The van der Waals surface area contributed by atoms with Gasteiger partial charge in [0.25, 0.3) is 0 Å². The van der Waals surface area contributed by atoms with Gasteiger partial charge in [-0.1, -0.05) is 0 Å². The van der Waals surface area contributed by atoms with Gasteiger partial charge in [-0.2, -0.15) is 0 Å². The van der Waals surface area contributed by atoms with E-state index >= 15 is 0 Å². The van der Waals surface area contributed by atoms with Crippen molar-refractivity contribution in [1.29, 1.82) is 0 Å². The van der Waals surface area contributed by atoms with E-state index in [1.807, 2.05) is 13.8 Å². The topological polar surface area (TPSA) is 129 Å². The molecule has 0 aliphatic carbocycles. The number of nitrogens with two attached hydrogens (primary N) is 1. The number of fused-ring (bicyclic) bond motifs is 2. The zero-order chi connectivity index (χ0) is 23.4. The van der Waals surface area contributed by atoms with E-state index < -0.39 is 42.0 Å². The van der Waals surface area contributed by atoms with Crippen LogP contribution in [-0.4, -0.2) is 49.6 Å². The lowest BCUT2D eigenvalue weighted by atomic mass is 9.89. The fourth-order valence-corrected chi connectivity index (χ4v) is 4.17. The second-order valence-electron chi connectivity index (χ2n) is 8.68. The van der Waals surface area contributed by atoms with Crippen molar-refractivity contribution in [3.63, 3.8) is 0 Å². The van der Waals surface area contributed by atoms with Crippen LogP contribution in [0.1, 0.15) is 33.3 Å². The summed E-state index contributed by atoms with van der Waals surface area (Å²) in [4.78, 5) is 23.9. The quantitative estimate of drug-likeness (QED) is 0.537. The van der Waals surface area contributed by atoms with Gasteiger partial charge < -0.3 is 38.6 Å². The maximum atomic E-state index is 12.0. The first kappa shape index (κ1) is 22.2. The van der Waals surface area contributed by atoms with Crippen molar-refractivity contribution in [2.45, 2.75) is 70.9 Å². The fraction of sp³-hybridized carbons (Fsp3) is 0.545. The number of nitrogen functional groups attached to an aromatic ring is 1. The second-order valence-corrected chi connectivity index (χ2v) is 8.68. The first-order valence-corrected chi connectivity index (χ1v) is 10.3. The summed E-state index contributed by atoms with van der Waals surface area (Å²) < 4.78 is 40.0. The van der Waals surface area contributed by atoms with Crippen LogP contribution in [0.3, 0.4) is 0 Å². The number of carbonyl (C=O) groups excluding carboxylic acids is 1. The Morgan fingerprint density at radius 2 is 1.81 bits per heavy atom. The molecule has 1 aromatic carbocycles. The summed E-state index contributed by atoms with van der Waals surface area (Å²) in [7, 11) is 1.51. The van der Waals surface area contributed by atoms with Gasteiger partial charge in [0.2, 0.25) is 12.4 Å². The van der Waals surface area contributed by atoms with Gasteiger partial charge in [0.1, 0.15) is 17.4 Å². The Hall–Kier alpha value is -2.98. The van der Waals surface area contributed by atoms with Crippen molar-refractivity contribution in [2.24, 2.45) is 0 Å². The summed E-state index contributed by atoms with van der Waals surface area (Å²) in [6.07, 6.45) is -4.20. The van der Waals surface area contributed by atoms with Crippen LogP contribution in [0.15, 0.2) is 21.3 Å². The zero-order valence-electron chi connectivity index (χ0n) is 18.8. The van der Waals surface area contributed by atoms with Crippen LogP contribution in [0.4, 0.5) is 10.5 Å². The van der Waals surface area contributed by atoms with E-state index in [1.54, 1.807) is 26.8 Å². The molecule has 0 spiro atoms. The monoisotopic (exact) mass is 449 g/mol. The molecule has 1 aromatic heterocycles. The van der Waals surface area contributed by atoms with Crippen molar-refractivity contribution in [1.82, 2.24) is 0 Å². The molecule has 10 heteroatoms. The molecule has 0 unspecified atom stereocenters. The van der Waals surface area contributed by atoms with Gasteiger partial charge in [0.05, 0.1) is 11.7 Å². The second kappa shape index (κ2) is 7.86. The standard InChI is InChI=1S/C22H27NO9/c1-9(2)27-13-8-11-7-12(23)19(24)28-14(11)10(3)15(13)29-20-17-16(30-21(25)31-17)18(26-6)22(4,5)32-20/h7-9,16-18,20H,23H2,1-6H3/t16-,17+,18+,20+/m0/s1. The number of hydrogen-bond donors (Lipinski definition) is 1. The summed E-state index contributed by atoms with van der Waals surface area (Å²) in [6.45, 7) is 9.08. The molecule has 2 aromatic rings. The highest BCUT2D eigenvalue weighted by atomic mass is 16.8. The van der Waals surface area contributed by atoms with E-state index in [4.69, 9.17) is 38.6 Å². The highest BCUT2D eigenvalue weighted by Crippen LogP contribution is 2.43. The highest BCUT2D eigenvalue weighted by molar-refractivity contribution is 5.86. The third-order valence-corrected chi connectivity index (χ3v) is 5.51. The molecular formula is C22H27NO9. The molecule has 4 atom stereocenters. The zero-order valence-corrected chi connectivity index (χ0v) is 18.8. The molecule has 2 aliphatic heterocycles. The number of carbonyl (C=O) groups is 1. The van der Waals surface area contributed by atoms with Gasteiger partial charge in [-0.3, -0.25) is 0 Å². The van der Waals surface area contributed by atoms with Crippen LogP contribution in [0, 0.1) is 6.92 Å². The third kappa shape index (κ3) is 3.73. The largest absolute Gasteiger partial charge is 0.509 e. The molecule has 2 N–H and O–H groups in total. The minimum Gasteiger partial charge on any atom is -0.487 e. The Morgan fingerprint density at radius 3 is 2.47 bits per heavy atom. The summed E-state index contributed by atoms with van der Waals surface area (Å²) in [5, 5.41) is 0.584. The molecule has 2 fully saturated rings. The van der Waals surface area contributed by atoms with Gasteiger partial charge >= 0.3 is 11.8 Å². The van der Waals surface area contributed by atoms with Crippen LogP contribution in [0.2, 0.25) is 0 Å². The van der Waals surface area contributed by atoms with Crippen LogP contribution in [-0.2, 0) is 18.9 Å². The Morgan fingerprint density at radius 1 is 1.12 bits per heavy atom. The average molecular weight is 449 g/mol. The smallest absolute Gasteiger partial charge is 0.487 e. The number of anilines is 1. The van der Waals surface area contributed by atoms with Crippen LogP contribution in [0.25, 0.3) is 11.0 Å². The molecule has 4 rings (SSSR count). The van der Waals surface area contributed by atoms with E-state index in [2.05, 4.69) is 0 Å². The summed E-state index contributed by atoms with van der Waals surface area (Å²) in [5.41, 5.74) is 5.01. The number of methoxy groups -OCH3 is 1. The Labute approximate surface area is 184 Å². The van der Waals surface area contributed by atoms with Crippen LogP contribution in [0.5, 0.6) is 11.5 Å². The van der Waals surface area contributed by atoms with Crippen molar-refractivity contribution in [3.05, 3.63) is 28.1 Å². The number of aryl methyl sites for hydroxylation is 1. The van der Waals surface area contributed by atoms with E-state index in [0.29, 0.717) is 22.3 Å². The first-order chi connectivity index (χ1) is 15.0. The molecule has 0 radical (unpaired) electrons. The summed E-state index contributed by atoms with van der Waals surface area (Å²) in [6, 6.07) is 3.20. The van der Waals surface area contributed by atoms with Gasteiger partial charge in [0, 0.05) is 18.1 Å². The van der Waals surface area contributed by atoms with E-state index in [1.165, 1.54) is 13.2 Å². The molecule has 0 amide bonds. The van der Waals surface area contributed by atoms with Gasteiger partial charge in [-0.15, -0.1) is 0 Å². The molecule has 0 saturated carbocycles. The van der Waals surface area contributed by atoms with Crippen molar-refractivity contribution in [3.8, 4) is 11.5 Å². The summed E-state index contributed by atoms with van der Waals surface area (Å²) in [5.74, 6) is 0.688. The SMILES string of the molecule is CO[C@@H]1[C@H]2OC(=O)O[C@H]2[C@H](Oc2c(OC(C)C)cc3cc(N)c(=O)oc3c2C)OC1(C)C. The Balaban J connectivity index is 1.80. The molecule has 10 nitrogen and oxygen atoms in total. The summed E-state index contributed by atoms with van der Waals surface area (Å²) >= 11 is 0. The molecule has 0 bridgehead atoms. The number of benzene rings is 1. The van der Waals surface area contributed by atoms with Crippen LogP contribution >= 0.6 is 0 Å².